The molecule has 0 aliphatic carbocycles. The second-order valence-electron chi connectivity index (χ2n) is 4.55. The normalized spacial score (nSPS) is 10.9. The van der Waals surface area contributed by atoms with Crippen molar-refractivity contribution in [3.8, 4) is 5.75 Å². The summed E-state index contributed by atoms with van der Waals surface area (Å²) in [6, 6.07) is 6.98. The van der Waals surface area contributed by atoms with E-state index in [1.54, 1.807) is 24.3 Å². The highest BCUT2D eigenvalue weighted by Gasteiger charge is 2.09. The third-order valence-corrected chi connectivity index (χ3v) is 2.85. The quantitative estimate of drug-likeness (QED) is 0.153. The van der Waals surface area contributed by atoms with E-state index in [0.29, 0.717) is 37.7 Å². The van der Waals surface area contributed by atoms with Crippen LogP contribution in [-0.2, 0) is 19.0 Å². The molecule has 9 nitrogen and oxygen atoms in total. The highest BCUT2D eigenvalue weighted by Crippen LogP contribution is 2.21. The van der Waals surface area contributed by atoms with E-state index in [9.17, 15) is 4.79 Å². The number of hydrogen-bond acceptors (Lipinski definition) is 7. The Morgan fingerprint density at radius 3 is 2.56 bits per heavy atom. The van der Waals surface area contributed by atoms with Gasteiger partial charge in [0.05, 0.1) is 40.1 Å². The molecule has 0 heterocycles. The molecule has 1 aromatic carbocycles. The van der Waals surface area contributed by atoms with Gasteiger partial charge in [-0.05, 0) is 17.7 Å². The summed E-state index contributed by atoms with van der Waals surface area (Å²) in [5.74, 6) is -0.226. The highest BCUT2D eigenvalue weighted by molar-refractivity contribution is 5.93. The molecule has 1 aromatic rings. The lowest BCUT2D eigenvalue weighted by molar-refractivity contribution is -0.136. The van der Waals surface area contributed by atoms with Crippen LogP contribution in [0, 0.1) is 0 Å². The molecule has 0 aromatic heterocycles. The average molecular weight is 351 g/mol. The zero-order valence-corrected chi connectivity index (χ0v) is 14.0. The minimum absolute atomic E-state index is 0.0170. The van der Waals surface area contributed by atoms with E-state index in [-0.39, 0.29) is 18.9 Å². The smallest absolute Gasteiger partial charge is 0.340 e. The average Bonchev–Trinajstić information content (AvgIpc) is 2.64. The third-order valence-electron chi connectivity index (χ3n) is 2.85. The summed E-state index contributed by atoms with van der Waals surface area (Å²) in [5, 5.41) is 11.9. The zero-order chi connectivity index (χ0) is 18.3. The maximum atomic E-state index is 11.6. The van der Waals surface area contributed by atoms with Gasteiger partial charge in [-0.15, -0.1) is 0 Å². The van der Waals surface area contributed by atoms with Gasteiger partial charge in [-0.3, -0.25) is 0 Å². The number of aliphatic hydroxyl groups is 1. The molecular formula is C16H21N3O6. The standard InChI is InChI=1S/C16H21N3O6/c1-22-16(21)14(18-19-17)12-13-4-2-3-5-15(13)25-11-10-24-9-8-23-7-6-20/h2-5,12,20H,6-11H2,1H3. The SMILES string of the molecule is COC(=O)C(=Cc1ccccc1OCCOCCOCCO)N=[N+]=[N-]. The van der Waals surface area contributed by atoms with E-state index >= 15 is 0 Å². The molecular weight excluding hydrogens is 330 g/mol. The first-order valence-electron chi connectivity index (χ1n) is 7.56. The van der Waals surface area contributed by atoms with Crippen LogP contribution in [0.5, 0.6) is 5.75 Å². The minimum atomic E-state index is -0.737. The van der Waals surface area contributed by atoms with Crippen LogP contribution in [0.1, 0.15) is 5.56 Å². The molecule has 0 saturated carbocycles. The number of azide groups is 1. The van der Waals surface area contributed by atoms with Crippen LogP contribution in [-0.4, -0.2) is 57.8 Å². The highest BCUT2D eigenvalue weighted by atomic mass is 16.5. The van der Waals surface area contributed by atoms with Crippen molar-refractivity contribution >= 4 is 12.0 Å². The number of ether oxygens (including phenoxy) is 4. The second kappa shape index (κ2) is 12.8. The summed E-state index contributed by atoms with van der Waals surface area (Å²) in [6.45, 7) is 1.70. The van der Waals surface area contributed by atoms with E-state index in [2.05, 4.69) is 14.8 Å². The Balaban J connectivity index is 2.59. The Kier molecular flexibility index (Phi) is 10.5. The van der Waals surface area contributed by atoms with Crippen LogP contribution < -0.4 is 4.74 Å². The Morgan fingerprint density at radius 2 is 1.88 bits per heavy atom. The number of benzene rings is 1. The van der Waals surface area contributed by atoms with Crippen molar-refractivity contribution in [3.63, 3.8) is 0 Å². The maximum Gasteiger partial charge on any atom is 0.340 e. The Morgan fingerprint density at radius 1 is 1.20 bits per heavy atom. The number of hydrogen-bond donors (Lipinski definition) is 1. The van der Waals surface area contributed by atoms with Crippen molar-refractivity contribution in [3.05, 3.63) is 46.0 Å². The van der Waals surface area contributed by atoms with Crippen LogP contribution in [0.2, 0.25) is 0 Å². The molecule has 9 heteroatoms. The van der Waals surface area contributed by atoms with E-state index in [1.807, 2.05) is 0 Å². The van der Waals surface area contributed by atoms with E-state index in [1.165, 1.54) is 13.2 Å². The molecule has 0 saturated heterocycles. The van der Waals surface area contributed by atoms with Gasteiger partial charge in [0.25, 0.3) is 0 Å². The number of methoxy groups -OCH3 is 1. The molecule has 25 heavy (non-hydrogen) atoms. The molecule has 1 N–H and O–H groups in total. The lowest BCUT2D eigenvalue weighted by Gasteiger charge is -2.10. The Hall–Kier alpha value is -2.58. The van der Waals surface area contributed by atoms with Gasteiger partial charge < -0.3 is 24.1 Å². The predicted molar refractivity (Wildman–Crippen MR) is 89.8 cm³/mol. The summed E-state index contributed by atoms with van der Waals surface area (Å²) >= 11 is 0. The van der Waals surface area contributed by atoms with Gasteiger partial charge in [0.15, 0.2) is 0 Å². The monoisotopic (exact) mass is 351 g/mol. The van der Waals surface area contributed by atoms with Gasteiger partial charge >= 0.3 is 5.97 Å². The number of carbonyl (C=O) groups excluding carboxylic acids is 1. The van der Waals surface area contributed by atoms with E-state index in [0.717, 1.165) is 0 Å². The molecule has 0 radical (unpaired) electrons. The molecule has 0 bridgehead atoms. The van der Waals surface area contributed by atoms with Crippen LogP contribution in [0.3, 0.4) is 0 Å². The third kappa shape index (κ3) is 8.18. The van der Waals surface area contributed by atoms with Crippen molar-refractivity contribution in [1.82, 2.24) is 0 Å². The molecule has 136 valence electrons. The van der Waals surface area contributed by atoms with E-state index in [4.69, 9.17) is 24.8 Å². The van der Waals surface area contributed by atoms with Crippen molar-refractivity contribution in [2.45, 2.75) is 0 Å². The number of rotatable bonds is 12. The fourth-order valence-corrected chi connectivity index (χ4v) is 1.76. The minimum Gasteiger partial charge on any atom is -0.491 e. The number of aliphatic hydroxyl groups excluding tert-OH is 1. The second-order valence-corrected chi connectivity index (χ2v) is 4.55. The fraction of sp³-hybridized carbons (Fsp3) is 0.438. The predicted octanol–water partition coefficient (Wildman–Crippen LogP) is 1.92. The van der Waals surface area contributed by atoms with Gasteiger partial charge in [0, 0.05) is 10.5 Å². The topological polar surface area (TPSA) is 123 Å². The molecule has 0 fully saturated rings. The maximum absolute atomic E-state index is 11.6. The summed E-state index contributed by atoms with van der Waals surface area (Å²) in [7, 11) is 1.20. The van der Waals surface area contributed by atoms with Crippen molar-refractivity contribution in [2.24, 2.45) is 5.11 Å². The number of carbonyl (C=O) groups is 1. The number of nitrogens with zero attached hydrogens (tertiary/aromatic N) is 3. The van der Waals surface area contributed by atoms with Gasteiger partial charge in [0.2, 0.25) is 0 Å². The molecule has 0 aliphatic heterocycles. The molecule has 0 spiro atoms. The molecule has 1 rings (SSSR count). The van der Waals surface area contributed by atoms with Crippen LogP contribution in [0.4, 0.5) is 0 Å². The Labute approximate surface area is 145 Å². The number of esters is 1. The van der Waals surface area contributed by atoms with Crippen LogP contribution >= 0.6 is 0 Å². The summed E-state index contributed by atoms with van der Waals surface area (Å²) in [6.07, 6.45) is 1.39. The fourth-order valence-electron chi connectivity index (χ4n) is 1.76. The van der Waals surface area contributed by atoms with Crippen molar-refractivity contribution in [2.75, 3.05) is 46.8 Å². The van der Waals surface area contributed by atoms with Gasteiger partial charge in [0.1, 0.15) is 18.1 Å². The van der Waals surface area contributed by atoms with E-state index < -0.39 is 5.97 Å². The van der Waals surface area contributed by atoms with Crippen LogP contribution in [0.15, 0.2) is 35.1 Å². The Bertz CT molecular complexity index is 614. The van der Waals surface area contributed by atoms with Crippen LogP contribution in [0.25, 0.3) is 16.5 Å². The molecule has 0 aliphatic rings. The summed E-state index contributed by atoms with van der Waals surface area (Å²) < 4.78 is 20.6. The zero-order valence-electron chi connectivity index (χ0n) is 14.0. The first-order valence-corrected chi connectivity index (χ1v) is 7.56. The summed E-state index contributed by atoms with van der Waals surface area (Å²) in [5.41, 5.74) is 8.95. The summed E-state index contributed by atoms with van der Waals surface area (Å²) in [4.78, 5) is 14.2. The largest absolute Gasteiger partial charge is 0.491 e. The van der Waals surface area contributed by atoms with Gasteiger partial charge in [-0.2, -0.15) is 0 Å². The molecule has 0 atom stereocenters. The van der Waals surface area contributed by atoms with Crippen molar-refractivity contribution in [1.29, 1.82) is 0 Å². The molecule has 0 amide bonds. The first kappa shape index (κ1) is 20.5. The first-order chi connectivity index (χ1) is 12.2. The van der Waals surface area contributed by atoms with Crippen molar-refractivity contribution < 1.29 is 28.8 Å². The number of para-hydroxylation sites is 1. The lowest BCUT2D eigenvalue weighted by Crippen LogP contribution is -2.12. The molecule has 0 unspecified atom stereocenters. The lowest BCUT2D eigenvalue weighted by atomic mass is 10.1. The van der Waals surface area contributed by atoms with Gasteiger partial charge in [-0.1, -0.05) is 23.3 Å². The van der Waals surface area contributed by atoms with Gasteiger partial charge in [-0.25, -0.2) is 4.79 Å².